The van der Waals surface area contributed by atoms with Crippen molar-refractivity contribution >= 4 is 31.6 Å². The van der Waals surface area contributed by atoms with Gasteiger partial charge < -0.3 is 5.11 Å². The largest absolute Gasteiger partial charge is 0.395 e. The number of rotatable bonds is 4. The third kappa shape index (κ3) is 3.48. The van der Waals surface area contributed by atoms with E-state index in [4.69, 9.17) is 5.11 Å². The van der Waals surface area contributed by atoms with Gasteiger partial charge in [-0.3, -0.25) is 4.72 Å². The SMILES string of the molecule is Cc1c(Br)cccc1NS(=O)(=O)CCO. The van der Waals surface area contributed by atoms with E-state index in [1.54, 1.807) is 19.1 Å². The number of anilines is 1. The molecule has 0 aromatic heterocycles. The fourth-order valence-electron chi connectivity index (χ4n) is 1.06. The maximum Gasteiger partial charge on any atom is 0.234 e. The molecule has 15 heavy (non-hydrogen) atoms. The van der Waals surface area contributed by atoms with E-state index in [1.807, 2.05) is 6.07 Å². The molecule has 1 aromatic carbocycles. The summed E-state index contributed by atoms with van der Waals surface area (Å²) in [6, 6.07) is 5.25. The first-order chi connectivity index (χ1) is 6.96. The molecule has 1 aromatic rings. The zero-order chi connectivity index (χ0) is 11.5. The molecule has 0 heterocycles. The lowest BCUT2D eigenvalue weighted by Crippen LogP contribution is -2.19. The molecule has 0 bridgehead atoms. The van der Waals surface area contributed by atoms with Gasteiger partial charge in [0.05, 0.1) is 18.0 Å². The van der Waals surface area contributed by atoms with Crippen LogP contribution in [-0.2, 0) is 10.0 Å². The molecule has 0 aliphatic carbocycles. The topological polar surface area (TPSA) is 66.4 Å². The Morgan fingerprint density at radius 3 is 2.73 bits per heavy atom. The second-order valence-corrected chi connectivity index (χ2v) is 5.75. The lowest BCUT2D eigenvalue weighted by Gasteiger charge is -2.10. The highest BCUT2D eigenvalue weighted by atomic mass is 79.9. The summed E-state index contributed by atoms with van der Waals surface area (Å²) in [5.41, 5.74) is 1.34. The Labute approximate surface area is 97.5 Å². The van der Waals surface area contributed by atoms with Gasteiger partial charge in [0.15, 0.2) is 0 Å². The average Bonchev–Trinajstić information content (AvgIpc) is 2.12. The molecule has 2 N–H and O–H groups in total. The lowest BCUT2D eigenvalue weighted by molar-refractivity contribution is 0.320. The number of benzene rings is 1. The van der Waals surface area contributed by atoms with Crippen molar-refractivity contribution in [3.8, 4) is 0 Å². The van der Waals surface area contributed by atoms with Crippen LogP contribution in [0.3, 0.4) is 0 Å². The van der Waals surface area contributed by atoms with Gasteiger partial charge in [-0.1, -0.05) is 22.0 Å². The van der Waals surface area contributed by atoms with E-state index in [0.29, 0.717) is 5.69 Å². The maximum atomic E-state index is 11.4. The highest BCUT2D eigenvalue weighted by Gasteiger charge is 2.11. The van der Waals surface area contributed by atoms with Gasteiger partial charge in [-0.25, -0.2) is 8.42 Å². The van der Waals surface area contributed by atoms with Gasteiger partial charge in [-0.05, 0) is 24.6 Å². The van der Waals surface area contributed by atoms with Gasteiger partial charge in [0.1, 0.15) is 0 Å². The van der Waals surface area contributed by atoms with Crippen LogP contribution < -0.4 is 4.72 Å². The van der Waals surface area contributed by atoms with Crippen LogP contribution in [0.2, 0.25) is 0 Å². The van der Waals surface area contributed by atoms with Crippen LogP contribution in [0.25, 0.3) is 0 Å². The molecule has 0 spiro atoms. The van der Waals surface area contributed by atoms with E-state index >= 15 is 0 Å². The van der Waals surface area contributed by atoms with Crippen molar-refractivity contribution in [2.75, 3.05) is 17.1 Å². The first-order valence-electron chi connectivity index (χ1n) is 4.33. The van der Waals surface area contributed by atoms with Crippen LogP contribution in [0, 0.1) is 6.92 Å². The Balaban J connectivity index is 2.95. The summed E-state index contributed by atoms with van der Waals surface area (Å²) < 4.78 is 26.0. The van der Waals surface area contributed by atoms with Gasteiger partial charge in [0.2, 0.25) is 10.0 Å². The van der Waals surface area contributed by atoms with Gasteiger partial charge in [-0.2, -0.15) is 0 Å². The van der Waals surface area contributed by atoms with Crippen molar-refractivity contribution in [1.29, 1.82) is 0 Å². The summed E-state index contributed by atoms with van der Waals surface area (Å²) >= 11 is 3.31. The number of aliphatic hydroxyl groups excluding tert-OH is 1. The molecular formula is C9H12BrNO3S. The van der Waals surface area contributed by atoms with Crippen molar-refractivity contribution in [1.82, 2.24) is 0 Å². The molecule has 0 radical (unpaired) electrons. The normalized spacial score (nSPS) is 11.4. The highest BCUT2D eigenvalue weighted by Crippen LogP contribution is 2.24. The minimum atomic E-state index is -3.44. The van der Waals surface area contributed by atoms with Crippen LogP contribution in [0.5, 0.6) is 0 Å². The minimum absolute atomic E-state index is 0.293. The number of hydrogen-bond donors (Lipinski definition) is 2. The fourth-order valence-corrected chi connectivity index (χ4v) is 2.32. The molecule has 0 saturated carbocycles. The Kier molecular flexibility index (Phi) is 4.12. The van der Waals surface area contributed by atoms with Gasteiger partial charge in [0, 0.05) is 4.47 Å². The number of nitrogens with one attached hydrogen (secondary N) is 1. The van der Waals surface area contributed by atoms with Crippen molar-refractivity contribution in [3.05, 3.63) is 28.2 Å². The number of hydrogen-bond acceptors (Lipinski definition) is 3. The second-order valence-electron chi connectivity index (χ2n) is 3.06. The first-order valence-corrected chi connectivity index (χ1v) is 6.77. The number of aliphatic hydroxyl groups is 1. The summed E-state index contributed by atoms with van der Waals surface area (Å²) in [7, 11) is -3.44. The number of halogens is 1. The van der Waals surface area contributed by atoms with Crippen LogP contribution in [0.1, 0.15) is 5.56 Å². The standard InChI is InChI=1S/C9H12BrNO3S/c1-7-8(10)3-2-4-9(7)11-15(13,14)6-5-12/h2-4,11-12H,5-6H2,1H3. The second kappa shape index (κ2) is 4.96. The molecule has 0 fully saturated rings. The van der Waals surface area contributed by atoms with Crippen molar-refractivity contribution in [2.45, 2.75) is 6.92 Å². The molecule has 1 rings (SSSR count). The predicted octanol–water partition coefficient (Wildman–Crippen LogP) is 1.49. The summed E-state index contributed by atoms with van der Waals surface area (Å²) in [4.78, 5) is 0. The van der Waals surface area contributed by atoms with E-state index < -0.39 is 10.0 Å². The minimum Gasteiger partial charge on any atom is -0.395 e. The monoisotopic (exact) mass is 293 g/mol. The summed E-state index contributed by atoms with van der Waals surface area (Å²) in [5, 5.41) is 8.58. The molecule has 0 unspecified atom stereocenters. The van der Waals surface area contributed by atoms with Gasteiger partial charge >= 0.3 is 0 Å². The third-order valence-corrected chi connectivity index (χ3v) is 4.00. The summed E-state index contributed by atoms with van der Waals surface area (Å²) in [6.07, 6.45) is 0. The van der Waals surface area contributed by atoms with Gasteiger partial charge in [0.25, 0.3) is 0 Å². The quantitative estimate of drug-likeness (QED) is 0.884. The molecule has 84 valence electrons. The highest BCUT2D eigenvalue weighted by molar-refractivity contribution is 9.10. The van der Waals surface area contributed by atoms with Crippen molar-refractivity contribution in [2.24, 2.45) is 0 Å². The van der Waals surface area contributed by atoms with Crippen LogP contribution in [0.15, 0.2) is 22.7 Å². The Hall–Kier alpha value is -0.590. The van der Waals surface area contributed by atoms with E-state index in [1.165, 1.54) is 0 Å². The smallest absolute Gasteiger partial charge is 0.234 e. The number of sulfonamides is 1. The van der Waals surface area contributed by atoms with E-state index in [2.05, 4.69) is 20.7 Å². The molecule has 0 aliphatic heterocycles. The predicted molar refractivity (Wildman–Crippen MR) is 63.4 cm³/mol. The summed E-state index contributed by atoms with van der Waals surface area (Å²) in [6.45, 7) is 1.42. The fraction of sp³-hybridized carbons (Fsp3) is 0.333. The van der Waals surface area contributed by atoms with Crippen LogP contribution >= 0.6 is 15.9 Å². The average molecular weight is 294 g/mol. The lowest BCUT2D eigenvalue weighted by atomic mass is 10.2. The molecule has 4 nitrogen and oxygen atoms in total. The molecule has 0 aliphatic rings. The Bertz CT molecular complexity index is 445. The molecule has 6 heteroatoms. The Morgan fingerprint density at radius 2 is 2.13 bits per heavy atom. The molecular weight excluding hydrogens is 282 g/mol. The molecule has 0 saturated heterocycles. The van der Waals surface area contributed by atoms with Gasteiger partial charge in [-0.15, -0.1) is 0 Å². The van der Waals surface area contributed by atoms with E-state index in [9.17, 15) is 8.42 Å². The van der Waals surface area contributed by atoms with Crippen LogP contribution in [-0.4, -0.2) is 25.9 Å². The summed E-state index contributed by atoms with van der Waals surface area (Å²) in [5.74, 6) is -0.293. The first kappa shape index (κ1) is 12.5. The zero-order valence-electron chi connectivity index (χ0n) is 8.20. The molecule has 0 amide bonds. The Morgan fingerprint density at radius 1 is 1.47 bits per heavy atom. The van der Waals surface area contributed by atoms with E-state index in [-0.39, 0.29) is 12.4 Å². The zero-order valence-corrected chi connectivity index (χ0v) is 10.6. The maximum absolute atomic E-state index is 11.4. The van der Waals surface area contributed by atoms with Crippen molar-refractivity contribution < 1.29 is 13.5 Å². The third-order valence-electron chi connectivity index (χ3n) is 1.89. The van der Waals surface area contributed by atoms with Crippen molar-refractivity contribution in [3.63, 3.8) is 0 Å². The van der Waals surface area contributed by atoms with Crippen LogP contribution in [0.4, 0.5) is 5.69 Å². The van der Waals surface area contributed by atoms with E-state index in [0.717, 1.165) is 10.0 Å². The molecule has 0 atom stereocenters.